The SMILES string of the molecule is CCc1cc(I)nn1C1=C(Br)N[N+](n2nc(Cl)c(-n3nc(Br)cc3CC)c2C)C1(C)n1cc(C)c(C)n1. The fourth-order valence-electron chi connectivity index (χ4n) is 4.61. The van der Waals surface area contributed by atoms with Crippen molar-refractivity contribution < 1.29 is 0 Å². The molecule has 0 saturated carbocycles. The van der Waals surface area contributed by atoms with Gasteiger partial charge in [-0.1, -0.05) is 25.4 Å². The van der Waals surface area contributed by atoms with Crippen LogP contribution in [0.2, 0.25) is 5.15 Å². The first kappa shape index (κ1) is 26.9. The molecule has 1 aliphatic rings. The van der Waals surface area contributed by atoms with Gasteiger partial charge >= 0.3 is 5.66 Å². The average Bonchev–Trinajstić information content (AvgIpc) is 3.61. The molecular formula is C23H26Br2ClIN10+. The van der Waals surface area contributed by atoms with Crippen LogP contribution < -0.4 is 10.5 Å². The molecule has 1 atom stereocenters. The quantitative estimate of drug-likeness (QED) is 0.158. The maximum absolute atomic E-state index is 6.78. The van der Waals surface area contributed by atoms with E-state index in [0.29, 0.717) is 10.8 Å². The van der Waals surface area contributed by atoms with Crippen LogP contribution in [0.15, 0.2) is 27.5 Å². The molecule has 1 radical (unpaired) electrons. The van der Waals surface area contributed by atoms with E-state index in [1.165, 1.54) is 0 Å². The van der Waals surface area contributed by atoms with Crippen LogP contribution in [0.3, 0.4) is 0 Å². The van der Waals surface area contributed by atoms with E-state index >= 15 is 0 Å². The molecule has 1 aliphatic heterocycles. The lowest BCUT2D eigenvalue weighted by Crippen LogP contribution is -2.59. The molecule has 0 amide bonds. The molecule has 1 N–H and O–H groups in total. The average molecular weight is 765 g/mol. The number of rotatable bonds is 6. The molecule has 0 fully saturated rings. The Labute approximate surface area is 250 Å². The zero-order valence-corrected chi connectivity index (χ0v) is 27.3. The molecule has 0 aliphatic carbocycles. The van der Waals surface area contributed by atoms with Crippen LogP contribution in [0.4, 0.5) is 0 Å². The summed E-state index contributed by atoms with van der Waals surface area (Å²) >= 11 is 16.3. The van der Waals surface area contributed by atoms with Gasteiger partial charge in [-0.25, -0.2) is 14.0 Å². The molecule has 0 bridgehead atoms. The molecule has 195 valence electrons. The maximum Gasteiger partial charge on any atom is 0.337 e. The number of hydrogen-bond donors (Lipinski definition) is 1. The van der Waals surface area contributed by atoms with Crippen molar-refractivity contribution in [1.82, 2.24) is 49.8 Å². The van der Waals surface area contributed by atoms with E-state index in [1.54, 1.807) is 4.79 Å². The van der Waals surface area contributed by atoms with Gasteiger partial charge in [0.2, 0.25) is 0 Å². The first-order valence-electron chi connectivity index (χ1n) is 11.8. The summed E-state index contributed by atoms with van der Waals surface area (Å²) < 4.78 is 8.17. The smallest absolute Gasteiger partial charge is 0.231 e. The van der Waals surface area contributed by atoms with E-state index in [9.17, 15) is 0 Å². The van der Waals surface area contributed by atoms with Crippen LogP contribution in [0.1, 0.15) is 49.1 Å². The summed E-state index contributed by atoms with van der Waals surface area (Å²) in [4.78, 5) is 1.77. The molecule has 1 unspecified atom stereocenters. The fraction of sp³-hybridized carbons (Fsp3) is 0.391. The van der Waals surface area contributed by atoms with Gasteiger partial charge in [-0.05, 0) is 111 Å². The number of hydrogen-bond acceptors (Lipinski definition) is 6. The molecule has 0 saturated heterocycles. The molecular weight excluding hydrogens is 738 g/mol. The highest BCUT2D eigenvalue weighted by atomic mass is 127. The highest BCUT2D eigenvalue weighted by molar-refractivity contribution is 14.1. The Hall–Kier alpha value is -1.68. The molecule has 5 rings (SSSR count). The largest absolute Gasteiger partial charge is 0.337 e. The lowest BCUT2D eigenvalue weighted by atomic mass is 10.1. The Morgan fingerprint density at radius 1 is 1.03 bits per heavy atom. The molecule has 4 aromatic rings. The topological polar surface area (TPSA) is 89.2 Å². The second kappa shape index (κ2) is 9.81. The molecule has 10 nitrogen and oxygen atoms in total. The Kier molecular flexibility index (Phi) is 7.13. The van der Waals surface area contributed by atoms with Crippen molar-refractivity contribution in [1.29, 1.82) is 0 Å². The van der Waals surface area contributed by atoms with Crippen molar-refractivity contribution in [3.63, 3.8) is 0 Å². The van der Waals surface area contributed by atoms with E-state index in [4.69, 9.17) is 26.9 Å². The van der Waals surface area contributed by atoms with Crippen LogP contribution in [0.25, 0.3) is 11.4 Å². The first-order chi connectivity index (χ1) is 17.5. The van der Waals surface area contributed by atoms with Gasteiger partial charge in [-0.15, -0.1) is 10.5 Å². The lowest BCUT2D eigenvalue weighted by Gasteiger charge is -2.26. The zero-order chi connectivity index (χ0) is 26.8. The third kappa shape index (κ3) is 4.21. The van der Waals surface area contributed by atoms with Gasteiger partial charge in [0.05, 0.1) is 5.69 Å². The summed E-state index contributed by atoms with van der Waals surface area (Å²) in [7, 11) is 0. The van der Waals surface area contributed by atoms with Crippen molar-refractivity contribution in [3.8, 4) is 5.69 Å². The number of nitrogens with one attached hydrogen (secondary N) is 1. The highest BCUT2D eigenvalue weighted by Crippen LogP contribution is 2.41. The van der Waals surface area contributed by atoms with Gasteiger partial charge in [-0.3, -0.25) is 0 Å². The number of aromatic nitrogens is 8. The Bertz CT molecular complexity index is 1530. The minimum absolute atomic E-state index is 0.340. The van der Waals surface area contributed by atoms with Crippen molar-refractivity contribution in [2.75, 3.05) is 0 Å². The van der Waals surface area contributed by atoms with Crippen molar-refractivity contribution >= 4 is 71.7 Å². The normalized spacial score (nSPS) is 18.3. The summed E-state index contributed by atoms with van der Waals surface area (Å²) in [6, 6.07) is 4.08. The van der Waals surface area contributed by atoms with E-state index in [0.717, 1.165) is 59.8 Å². The van der Waals surface area contributed by atoms with Crippen LogP contribution >= 0.6 is 66.1 Å². The second-order valence-electron chi connectivity index (χ2n) is 9.01. The van der Waals surface area contributed by atoms with E-state index in [2.05, 4.69) is 98.7 Å². The molecule has 14 heteroatoms. The van der Waals surface area contributed by atoms with Gasteiger partial charge < -0.3 is 0 Å². The first-order valence-corrected chi connectivity index (χ1v) is 14.8. The van der Waals surface area contributed by atoms with Crippen molar-refractivity contribution in [2.45, 2.75) is 60.0 Å². The summed E-state index contributed by atoms with van der Waals surface area (Å²) in [6.07, 6.45) is 3.65. The Morgan fingerprint density at radius 2 is 1.70 bits per heavy atom. The van der Waals surface area contributed by atoms with Gasteiger partial charge in [0.15, 0.2) is 15.5 Å². The van der Waals surface area contributed by atoms with Crippen LogP contribution in [-0.2, 0) is 18.5 Å². The van der Waals surface area contributed by atoms with Crippen molar-refractivity contribution in [3.05, 3.63) is 64.7 Å². The molecule has 5 heterocycles. The minimum atomic E-state index is -0.882. The number of nitrogens with zero attached hydrogens (tertiary/aromatic N) is 9. The van der Waals surface area contributed by atoms with E-state index < -0.39 is 5.66 Å². The lowest BCUT2D eigenvalue weighted by molar-refractivity contribution is 0.0924. The second-order valence-corrected chi connectivity index (χ2v) is 12.1. The van der Waals surface area contributed by atoms with Gasteiger partial charge in [-0.2, -0.15) is 15.3 Å². The van der Waals surface area contributed by atoms with Gasteiger partial charge in [0.1, 0.15) is 24.8 Å². The number of hydrazine groups is 1. The Balaban J connectivity index is 1.74. The van der Waals surface area contributed by atoms with E-state index in [1.807, 2.05) is 45.3 Å². The predicted octanol–water partition coefficient (Wildman–Crippen LogP) is 5.55. The summed E-state index contributed by atoms with van der Waals surface area (Å²) in [5, 5.41) is 21.4. The maximum atomic E-state index is 6.78. The van der Waals surface area contributed by atoms with Crippen LogP contribution in [0.5, 0.6) is 0 Å². The standard InChI is InChI=1S/C23H26Br2ClIN10/c1-7-15-9-17(24)29-34(15)19-14(5)36(32-22(19)26)37-23(6,33-11-12(3)13(4)28-33)20(21(25)31-37)35-16(8-2)10-18(27)30-35/h9-11,31H,7-8H2,1-6H3/q+1. The zero-order valence-electron chi connectivity index (χ0n) is 21.2. The third-order valence-electron chi connectivity index (χ3n) is 6.73. The number of aryl methyl sites for hydroxylation is 4. The molecule has 0 aromatic carbocycles. The summed E-state index contributed by atoms with van der Waals surface area (Å²) in [5.41, 5.74) is 9.11. The highest BCUT2D eigenvalue weighted by Gasteiger charge is 2.61. The molecule has 4 aromatic heterocycles. The summed E-state index contributed by atoms with van der Waals surface area (Å²) in [6.45, 7) is 12.3. The fourth-order valence-corrected chi connectivity index (χ4v) is 6.61. The minimum Gasteiger partial charge on any atom is -0.231 e. The Morgan fingerprint density at radius 3 is 2.32 bits per heavy atom. The van der Waals surface area contributed by atoms with Gasteiger partial charge in [0, 0.05) is 24.5 Å². The predicted molar refractivity (Wildman–Crippen MR) is 159 cm³/mol. The third-order valence-corrected chi connectivity index (χ3v) is 8.45. The monoisotopic (exact) mass is 762 g/mol. The van der Waals surface area contributed by atoms with E-state index in [-0.39, 0.29) is 0 Å². The summed E-state index contributed by atoms with van der Waals surface area (Å²) in [5.74, 6) is 0. The molecule has 0 spiro atoms. The van der Waals surface area contributed by atoms with Gasteiger partial charge in [0.25, 0.3) is 0 Å². The number of halogens is 4. The van der Waals surface area contributed by atoms with Crippen LogP contribution in [-0.4, -0.2) is 39.2 Å². The van der Waals surface area contributed by atoms with Crippen LogP contribution in [0, 0.1) is 24.5 Å². The van der Waals surface area contributed by atoms with Crippen molar-refractivity contribution in [2.24, 2.45) is 0 Å². The molecule has 37 heavy (non-hydrogen) atoms.